The Kier molecular flexibility index (Phi) is 3.99. The molecule has 21 heavy (non-hydrogen) atoms. The maximum Gasteiger partial charge on any atom is 0.129 e. The highest BCUT2D eigenvalue weighted by Crippen LogP contribution is 2.27. The quantitative estimate of drug-likeness (QED) is 0.739. The molecular weight excluding hydrogens is 335 g/mol. The van der Waals surface area contributed by atoms with E-state index in [0.717, 1.165) is 0 Å². The zero-order chi connectivity index (χ0) is 15.0. The summed E-state index contributed by atoms with van der Waals surface area (Å²) in [6, 6.07) is 8.36. The fraction of sp³-hybridized carbons (Fsp3) is 0.154. The molecule has 8 heteroatoms. The van der Waals surface area contributed by atoms with E-state index in [1.807, 2.05) is 0 Å². The molecular formula is C13H9Cl3N4O. The van der Waals surface area contributed by atoms with E-state index < -0.39 is 6.10 Å². The van der Waals surface area contributed by atoms with Crippen LogP contribution < -0.4 is 0 Å². The Balaban J connectivity index is 1.93. The van der Waals surface area contributed by atoms with Crippen molar-refractivity contribution in [1.29, 1.82) is 0 Å². The van der Waals surface area contributed by atoms with Crippen molar-refractivity contribution in [3.8, 4) is 0 Å². The molecule has 3 rings (SSSR count). The number of hydrogen-bond donors (Lipinski definition) is 1. The van der Waals surface area contributed by atoms with Gasteiger partial charge in [-0.05, 0) is 24.3 Å². The van der Waals surface area contributed by atoms with Crippen molar-refractivity contribution >= 4 is 45.8 Å². The molecule has 3 aromatic rings. The highest BCUT2D eigenvalue weighted by Gasteiger charge is 2.14. The molecule has 0 aliphatic carbocycles. The third kappa shape index (κ3) is 2.96. The number of hydrogen-bond acceptors (Lipinski definition) is 4. The van der Waals surface area contributed by atoms with Crippen LogP contribution in [0.4, 0.5) is 0 Å². The smallest absolute Gasteiger partial charge is 0.129 e. The normalized spacial score (nSPS) is 12.8. The Morgan fingerprint density at radius 2 is 1.90 bits per heavy atom. The number of fused-ring (bicyclic) bond motifs is 1. The third-order valence-electron chi connectivity index (χ3n) is 2.98. The summed E-state index contributed by atoms with van der Waals surface area (Å²) in [6.07, 6.45) is -0.858. The molecule has 0 aliphatic rings. The van der Waals surface area contributed by atoms with E-state index >= 15 is 0 Å². The molecule has 0 aliphatic heterocycles. The summed E-state index contributed by atoms with van der Waals surface area (Å²) >= 11 is 17.7. The van der Waals surface area contributed by atoms with Crippen LogP contribution in [0.3, 0.4) is 0 Å². The average molecular weight is 344 g/mol. The van der Waals surface area contributed by atoms with Crippen molar-refractivity contribution in [3.05, 3.63) is 51.2 Å². The van der Waals surface area contributed by atoms with Crippen molar-refractivity contribution < 1.29 is 5.11 Å². The lowest BCUT2D eigenvalue weighted by atomic mass is 10.2. The second kappa shape index (κ2) is 5.77. The first-order chi connectivity index (χ1) is 10.0. The number of halogens is 3. The predicted octanol–water partition coefficient (Wildman–Crippen LogP) is 3.52. The van der Waals surface area contributed by atoms with Crippen LogP contribution in [0.5, 0.6) is 0 Å². The Morgan fingerprint density at radius 1 is 1.14 bits per heavy atom. The second-order valence-electron chi connectivity index (χ2n) is 4.43. The Hall–Kier alpha value is -1.40. The monoisotopic (exact) mass is 342 g/mol. The summed E-state index contributed by atoms with van der Waals surface area (Å²) in [5, 5.41) is 19.4. The van der Waals surface area contributed by atoms with Gasteiger partial charge in [-0.3, -0.25) is 0 Å². The first-order valence-electron chi connectivity index (χ1n) is 6.03. The summed E-state index contributed by atoms with van der Waals surface area (Å²) in [5.74, 6) is 0. The standard InChI is InChI=1S/C13H9Cl3N4O/c14-7-4-10-11(5-8(7)15)20(19-18-10)6-12(21)9-2-1-3-13(16)17-9/h1-5,12,21H,6H2. The van der Waals surface area contributed by atoms with Gasteiger partial charge in [0, 0.05) is 0 Å². The van der Waals surface area contributed by atoms with Crippen LogP contribution in [-0.2, 0) is 6.54 Å². The molecule has 2 aromatic heterocycles. The van der Waals surface area contributed by atoms with Crippen LogP contribution in [0.2, 0.25) is 15.2 Å². The molecule has 0 spiro atoms. The maximum absolute atomic E-state index is 10.2. The molecule has 0 fully saturated rings. The summed E-state index contributed by atoms with van der Waals surface area (Å²) in [7, 11) is 0. The number of nitrogens with zero attached hydrogens (tertiary/aromatic N) is 4. The van der Waals surface area contributed by atoms with Crippen LogP contribution in [0, 0.1) is 0 Å². The predicted molar refractivity (Wildman–Crippen MR) is 81.8 cm³/mol. The minimum atomic E-state index is -0.858. The van der Waals surface area contributed by atoms with Gasteiger partial charge in [0.15, 0.2) is 0 Å². The van der Waals surface area contributed by atoms with Crippen molar-refractivity contribution in [2.24, 2.45) is 0 Å². The van der Waals surface area contributed by atoms with Gasteiger partial charge in [0.2, 0.25) is 0 Å². The largest absolute Gasteiger partial charge is 0.385 e. The highest BCUT2D eigenvalue weighted by atomic mass is 35.5. The molecule has 2 heterocycles. The van der Waals surface area contributed by atoms with Crippen molar-refractivity contribution in [2.45, 2.75) is 12.6 Å². The van der Waals surface area contributed by atoms with Crippen LogP contribution in [-0.4, -0.2) is 25.1 Å². The minimum Gasteiger partial charge on any atom is -0.385 e. The molecule has 108 valence electrons. The fourth-order valence-electron chi connectivity index (χ4n) is 1.96. The molecule has 1 N–H and O–H groups in total. The van der Waals surface area contributed by atoms with Crippen LogP contribution in [0.15, 0.2) is 30.3 Å². The molecule has 0 saturated carbocycles. The molecule has 0 saturated heterocycles. The summed E-state index contributed by atoms with van der Waals surface area (Å²) in [4.78, 5) is 4.07. The lowest BCUT2D eigenvalue weighted by molar-refractivity contribution is 0.148. The topological polar surface area (TPSA) is 63.8 Å². The van der Waals surface area contributed by atoms with Gasteiger partial charge in [0.25, 0.3) is 0 Å². The molecule has 1 atom stereocenters. The zero-order valence-corrected chi connectivity index (χ0v) is 12.8. The van der Waals surface area contributed by atoms with Gasteiger partial charge in [-0.25, -0.2) is 9.67 Å². The SMILES string of the molecule is OC(Cn1nnc2cc(Cl)c(Cl)cc21)c1cccc(Cl)n1. The number of pyridine rings is 1. The van der Waals surface area contributed by atoms with Crippen LogP contribution >= 0.6 is 34.8 Å². The van der Waals surface area contributed by atoms with E-state index in [0.29, 0.717) is 31.9 Å². The molecule has 0 radical (unpaired) electrons. The number of benzene rings is 1. The lowest BCUT2D eigenvalue weighted by Crippen LogP contribution is -2.11. The molecule has 1 unspecified atom stereocenters. The Bertz CT molecular complexity index is 805. The van der Waals surface area contributed by atoms with E-state index in [1.165, 1.54) is 0 Å². The first-order valence-corrected chi connectivity index (χ1v) is 7.17. The van der Waals surface area contributed by atoms with E-state index in [-0.39, 0.29) is 6.54 Å². The molecule has 5 nitrogen and oxygen atoms in total. The number of aromatic nitrogens is 4. The second-order valence-corrected chi connectivity index (χ2v) is 5.63. The Labute approximate surface area is 135 Å². The van der Waals surface area contributed by atoms with Gasteiger partial charge < -0.3 is 5.11 Å². The van der Waals surface area contributed by atoms with E-state index in [9.17, 15) is 5.11 Å². The van der Waals surface area contributed by atoms with Gasteiger partial charge in [0.1, 0.15) is 16.8 Å². The number of rotatable bonds is 3. The van der Waals surface area contributed by atoms with E-state index in [1.54, 1.807) is 35.0 Å². The van der Waals surface area contributed by atoms with Gasteiger partial charge in [0.05, 0.1) is 27.8 Å². The van der Waals surface area contributed by atoms with Crippen molar-refractivity contribution in [3.63, 3.8) is 0 Å². The van der Waals surface area contributed by atoms with Gasteiger partial charge >= 0.3 is 0 Å². The van der Waals surface area contributed by atoms with Crippen molar-refractivity contribution in [2.75, 3.05) is 0 Å². The van der Waals surface area contributed by atoms with Gasteiger partial charge in [-0.2, -0.15) is 0 Å². The lowest BCUT2D eigenvalue weighted by Gasteiger charge is -2.10. The van der Waals surface area contributed by atoms with E-state index in [4.69, 9.17) is 34.8 Å². The average Bonchev–Trinajstić information content (AvgIpc) is 2.82. The summed E-state index contributed by atoms with van der Waals surface area (Å²) in [5.41, 5.74) is 1.76. The molecule has 1 aromatic carbocycles. The zero-order valence-electron chi connectivity index (χ0n) is 10.5. The summed E-state index contributed by atoms with van der Waals surface area (Å²) < 4.78 is 1.55. The third-order valence-corrected chi connectivity index (χ3v) is 3.91. The van der Waals surface area contributed by atoms with Crippen molar-refractivity contribution in [1.82, 2.24) is 20.0 Å². The maximum atomic E-state index is 10.2. The Morgan fingerprint density at radius 3 is 2.67 bits per heavy atom. The van der Waals surface area contributed by atoms with E-state index in [2.05, 4.69) is 15.3 Å². The number of aliphatic hydroxyl groups is 1. The molecule has 0 amide bonds. The summed E-state index contributed by atoms with van der Waals surface area (Å²) in [6.45, 7) is 0.182. The fourth-order valence-corrected chi connectivity index (χ4v) is 2.45. The minimum absolute atomic E-state index is 0.182. The van der Waals surface area contributed by atoms with Crippen LogP contribution in [0.1, 0.15) is 11.8 Å². The molecule has 0 bridgehead atoms. The van der Waals surface area contributed by atoms with Gasteiger partial charge in [-0.15, -0.1) is 5.10 Å². The van der Waals surface area contributed by atoms with Crippen LogP contribution in [0.25, 0.3) is 11.0 Å². The van der Waals surface area contributed by atoms with Gasteiger partial charge in [-0.1, -0.05) is 46.1 Å². The highest BCUT2D eigenvalue weighted by molar-refractivity contribution is 6.42. The number of aliphatic hydroxyl groups excluding tert-OH is 1. The first kappa shape index (κ1) is 14.5.